The number of fused-ring (bicyclic) bond motifs is 2. The van der Waals surface area contributed by atoms with E-state index in [0.717, 1.165) is 23.1 Å². The molecule has 0 spiro atoms. The van der Waals surface area contributed by atoms with Gasteiger partial charge in [0.25, 0.3) is 0 Å². The Morgan fingerprint density at radius 1 is 1.20 bits per heavy atom. The lowest BCUT2D eigenvalue weighted by molar-refractivity contribution is -0.137. The minimum atomic E-state index is -4.67. The van der Waals surface area contributed by atoms with Crippen LogP contribution in [0.15, 0.2) is 36.7 Å². The lowest BCUT2D eigenvalue weighted by Crippen LogP contribution is -2.38. The third-order valence-corrected chi connectivity index (χ3v) is 6.42. The summed E-state index contributed by atoms with van der Waals surface area (Å²) < 4.78 is 56.3. The molecule has 4 heterocycles. The molecule has 0 radical (unpaired) electrons. The molecule has 1 aliphatic rings. The Bertz CT molecular complexity index is 1440. The lowest BCUT2D eigenvalue weighted by atomic mass is 9.95. The molecule has 1 aromatic carbocycles. The molecule has 1 N–H and O–H groups in total. The van der Waals surface area contributed by atoms with Crippen LogP contribution in [0.4, 0.5) is 17.6 Å². The van der Waals surface area contributed by atoms with Gasteiger partial charge >= 0.3 is 6.18 Å². The smallest absolute Gasteiger partial charge is 0.346 e. The van der Waals surface area contributed by atoms with Crippen molar-refractivity contribution in [2.75, 3.05) is 12.4 Å². The number of aromatic amines is 1. The number of nitrogens with one attached hydrogen (secondary N) is 1. The third-order valence-electron chi connectivity index (χ3n) is 6.23. The van der Waals surface area contributed by atoms with E-state index in [2.05, 4.69) is 15.1 Å². The maximum Gasteiger partial charge on any atom is 0.416 e. The molecule has 0 unspecified atom stereocenters. The molecule has 0 fully saturated rings. The molecule has 0 atom stereocenters. The van der Waals surface area contributed by atoms with Gasteiger partial charge in [0.05, 0.1) is 24.3 Å². The number of H-pyrrole nitrogens is 1. The second kappa shape index (κ2) is 8.67. The number of hydrogen-bond acceptors (Lipinski definition) is 3. The molecule has 1 amide bonds. The first kappa shape index (κ1) is 23.3. The van der Waals surface area contributed by atoms with Gasteiger partial charge in [0.1, 0.15) is 17.2 Å². The van der Waals surface area contributed by atoms with Crippen LogP contribution in [0, 0.1) is 12.7 Å². The monoisotopic (exact) mass is 505 g/mol. The Morgan fingerprint density at radius 2 is 2.00 bits per heavy atom. The fourth-order valence-corrected chi connectivity index (χ4v) is 4.71. The van der Waals surface area contributed by atoms with Crippen molar-refractivity contribution in [2.24, 2.45) is 0 Å². The minimum absolute atomic E-state index is 0.0494. The number of carbonyl (C=O) groups is 1. The van der Waals surface area contributed by atoms with Crippen LogP contribution in [-0.2, 0) is 24.1 Å². The third kappa shape index (κ3) is 4.05. The van der Waals surface area contributed by atoms with E-state index in [1.807, 2.05) is 6.92 Å². The minimum Gasteiger partial charge on any atom is -0.346 e. The molecular formula is C24H20ClF4N5O. The number of amides is 1. The summed E-state index contributed by atoms with van der Waals surface area (Å²) in [6, 6.07) is 4.21. The number of carbonyl (C=O) groups excluding carboxylic acids is 1. The van der Waals surface area contributed by atoms with Crippen molar-refractivity contribution in [3.05, 3.63) is 59.3 Å². The molecule has 11 heteroatoms. The normalized spacial score (nSPS) is 13.9. The lowest BCUT2D eigenvalue weighted by Gasteiger charge is -2.28. The Labute approximate surface area is 202 Å². The summed E-state index contributed by atoms with van der Waals surface area (Å²) in [5.74, 6) is -0.946. The zero-order valence-corrected chi connectivity index (χ0v) is 19.3. The van der Waals surface area contributed by atoms with E-state index < -0.39 is 17.6 Å². The molecular weight excluding hydrogens is 486 g/mol. The molecule has 4 aromatic rings. The quantitative estimate of drug-likeness (QED) is 0.293. The molecule has 35 heavy (non-hydrogen) atoms. The van der Waals surface area contributed by atoms with Crippen LogP contribution in [0.2, 0.25) is 0 Å². The molecule has 182 valence electrons. The highest BCUT2D eigenvalue weighted by atomic mass is 35.5. The zero-order chi connectivity index (χ0) is 24.9. The van der Waals surface area contributed by atoms with Gasteiger partial charge in [-0.1, -0.05) is 0 Å². The van der Waals surface area contributed by atoms with Crippen molar-refractivity contribution in [2.45, 2.75) is 32.6 Å². The Balaban J connectivity index is 1.74. The number of halogens is 5. The Hall–Kier alpha value is -3.40. The van der Waals surface area contributed by atoms with Crippen molar-refractivity contribution in [1.82, 2.24) is 24.6 Å². The van der Waals surface area contributed by atoms with Gasteiger partial charge in [-0.05, 0) is 42.3 Å². The highest BCUT2D eigenvalue weighted by Crippen LogP contribution is 2.42. The summed E-state index contributed by atoms with van der Waals surface area (Å²) in [6.07, 6.45) is -1.09. The predicted octanol–water partition coefficient (Wildman–Crippen LogP) is 5.53. The number of hydrogen-bond donors (Lipinski definition) is 1. The van der Waals surface area contributed by atoms with Crippen LogP contribution in [0.1, 0.15) is 23.2 Å². The van der Waals surface area contributed by atoms with Crippen LogP contribution in [0.5, 0.6) is 0 Å². The van der Waals surface area contributed by atoms with Crippen LogP contribution in [-0.4, -0.2) is 43.0 Å². The number of aromatic nitrogens is 4. The molecule has 0 bridgehead atoms. The van der Waals surface area contributed by atoms with Gasteiger partial charge in [-0.3, -0.25) is 9.48 Å². The second-order valence-electron chi connectivity index (χ2n) is 8.39. The van der Waals surface area contributed by atoms with Gasteiger partial charge in [0, 0.05) is 47.8 Å². The number of nitrogens with zero attached hydrogens (tertiary/aromatic N) is 4. The van der Waals surface area contributed by atoms with E-state index in [0.29, 0.717) is 41.6 Å². The summed E-state index contributed by atoms with van der Waals surface area (Å²) in [4.78, 5) is 21.7. The van der Waals surface area contributed by atoms with Crippen LogP contribution in [0.3, 0.4) is 0 Å². The largest absolute Gasteiger partial charge is 0.416 e. The zero-order valence-electron chi connectivity index (χ0n) is 18.6. The van der Waals surface area contributed by atoms with Gasteiger partial charge in [-0.15, -0.1) is 11.6 Å². The van der Waals surface area contributed by atoms with Crippen molar-refractivity contribution in [1.29, 1.82) is 0 Å². The van der Waals surface area contributed by atoms with Crippen molar-refractivity contribution >= 4 is 28.5 Å². The van der Waals surface area contributed by atoms with Crippen molar-refractivity contribution in [3.63, 3.8) is 0 Å². The number of alkyl halides is 4. The fraction of sp³-hybridized carbons (Fsp3) is 0.292. The summed E-state index contributed by atoms with van der Waals surface area (Å²) in [7, 11) is 0. The summed E-state index contributed by atoms with van der Waals surface area (Å²) in [5, 5.41) is 5.40. The number of benzene rings is 1. The highest BCUT2D eigenvalue weighted by Gasteiger charge is 2.33. The maximum absolute atomic E-state index is 15.1. The average molecular weight is 506 g/mol. The highest BCUT2D eigenvalue weighted by molar-refractivity contribution is 6.18. The second-order valence-corrected chi connectivity index (χ2v) is 8.77. The van der Waals surface area contributed by atoms with E-state index in [1.54, 1.807) is 28.0 Å². The molecule has 0 saturated heterocycles. The first-order chi connectivity index (χ1) is 16.7. The van der Waals surface area contributed by atoms with E-state index in [1.165, 1.54) is 0 Å². The maximum atomic E-state index is 15.1. The van der Waals surface area contributed by atoms with Crippen LogP contribution < -0.4 is 0 Å². The summed E-state index contributed by atoms with van der Waals surface area (Å²) in [5.41, 5.74) is 2.53. The van der Waals surface area contributed by atoms with Gasteiger partial charge in [-0.25, -0.2) is 9.37 Å². The van der Waals surface area contributed by atoms with Crippen molar-refractivity contribution in [3.8, 4) is 22.4 Å². The number of pyridine rings is 1. The van der Waals surface area contributed by atoms with Crippen LogP contribution in [0.25, 0.3) is 33.4 Å². The standard InChI is InChI=1S/C24H20ClF4N5O/c1-13-11-31-23-20(13)16(5-7-30-23)21-18-12-33(19(35)4-6-25)8-9-34(18)32-22(21)15-3-2-14(10-17(15)26)24(27,28)29/h2-3,5,7,10-11H,4,6,8-9,12H2,1H3,(H,30,31). The first-order valence-corrected chi connectivity index (χ1v) is 11.5. The van der Waals surface area contributed by atoms with Gasteiger partial charge < -0.3 is 9.88 Å². The number of aryl methyl sites for hydroxylation is 1. The average Bonchev–Trinajstić information content (AvgIpc) is 3.38. The van der Waals surface area contributed by atoms with E-state index in [4.69, 9.17) is 11.6 Å². The summed E-state index contributed by atoms with van der Waals surface area (Å²) in [6.45, 7) is 2.87. The van der Waals surface area contributed by atoms with Gasteiger partial charge in [0.15, 0.2) is 0 Å². The van der Waals surface area contributed by atoms with E-state index >= 15 is 4.39 Å². The molecule has 0 aliphatic carbocycles. The molecule has 1 aliphatic heterocycles. The molecule has 5 rings (SSSR count). The Morgan fingerprint density at radius 3 is 2.71 bits per heavy atom. The van der Waals surface area contributed by atoms with Crippen LogP contribution >= 0.6 is 11.6 Å². The number of rotatable bonds is 4. The molecule has 3 aromatic heterocycles. The predicted molar refractivity (Wildman–Crippen MR) is 123 cm³/mol. The summed E-state index contributed by atoms with van der Waals surface area (Å²) >= 11 is 5.76. The SMILES string of the molecule is Cc1c[nH]c2nccc(-c3c(-c4ccc(C(F)(F)F)cc4F)nn4c3CN(C(=O)CCCl)CC4)c12. The van der Waals surface area contributed by atoms with Crippen molar-refractivity contribution < 1.29 is 22.4 Å². The van der Waals surface area contributed by atoms with Gasteiger partial charge in [0.2, 0.25) is 5.91 Å². The van der Waals surface area contributed by atoms with E-state index in [-0.39, 0.29) is 36.0 Å². The first-order valence-electron chi connectivity index (χ1n) is 10.9. The molecule has 6 nitrogen and oxygen atoms in total. The van der Waals surface area contributed by atoms with E-state index in [9.17, 15) is 18.0 Å². The topological polar surface area (TPSA) is 66.8 Å². The van der Waals surface area contributed by atoms with Gasteiger partial charge in [-0.2, -0.15) is 18.3 Å². The molecule has 0 saturated carbocycles. The Kier molecular flexibility index (Phi) is 5.79. The fourth-order valence-electron chi connectivity index (χ4n) is 4.55.